The normalized spacial score (nSPS) is 18.3. The highest BCUT2D eigenvalue weighted by Crippen LogP contribution is 2.36. The van der Waals surface area contributed by atoms with E-state index in [4.69, 9.17) is 0 Å². The van der Waals surface area contributed by atoms with Crippen LogP contribution in [0.3, 0.4) is 0 Å². The number of piperazine rings is 1. The fraction of sp³-hybridized carbons (Fsp3) is 0.308. The summed E-state index contributed by atoms with van der Waals surface area (Å²) in [5.74, 6) is -2.64. The van der Waals surface area contributed by atoms with Gasteiger partial charge in [-0.05, 0) is 54.7 Å². The second kappa shape index (κ2) is 15.2. The fourth-order valence-electron chi connectivity index (χ4n) is 6.52. The van der Waals surface area contributed by atoms with Gasteiger partial charge >= 0.3 is 12.4 Å². The molecule has 1 fully saturated rings. The second-order valence-corrected chi connectivity index (χ2v) is 12.8. The number of Topliss-reactive ketones (excluding diaryl/α,β-unsaturated/α-hetero) is 2. The molecular formula is C39H37F6N3O3. The zero-order valence-corrected chi connectivity index (χ0v) is 28.2. The summed E-state index contributed by atoms with van der Waals surface area (Å²) < 4.78 is 85.3. The molecule has 12 heteroatoms. The van der Waals surface area contributed by atoms with Gasteiger partial charge in [-0.15, -0.1) is 0 Å². The molecule has 6 nitrogen and oxygen atoms in total. The molecule has 0 bridgehead atoms. The van der Waals surface area contributed by atoms with Crippen molar-refractivity contribution < 1.29 is 40.7 Å². The van der Waals surface area contributed by atoms with Gasteiger partial charge in [-0.1, -0.05) is 84.9 Å². The van der Waals surface area contributed by atoms with Crippen molar-refractivity contribution in [3.63, 3.8) is 0 Å². The molecule has 5 rings (SSSR count). The Balaban J connectivity index is 1.64. The van der Waals surface area contributed by atoms with Crippen molar-refractivity contribution >= 4 is 17.5 Å². The zero-order valence-electron chi connectivity index (χ0n) is 28.2. The first-order valence-corrected chi connectivity index (χ1v) is 16.3. The highest BCUT2D eigenvalue weighted by atomic mass is 19.4. The lowest BCUT2D eigenvalue weighted by atomic mass is 9.84. The van der Waals surface area contributed by atoms with Crippen molar-refractivity contribution in [2.24, 2.45) is 0 Å². The lowest BCUT2D eigenvalue weighted by Crippen LogP contribution is -2.69. The van der Waals surface area contributed by atoms with Crippen LogP contribution < -0.4 is 5.32 Å². The summed E-state index contributed by atoms with van der Waals surface area (Å²) in [6.45, 7) is 3.01. The van der Waals surface area contributed by atoms with Crippen LogP contribution in [-0.4, -0.2) is 65.5 Å². The van der Waals surface area contributed by atoms with E-state index in [2.05, 4.69) is 5.32 Å². The molecule has 4 aromatic rings. The maximum atomic E-state index is 14.6. The number of nitrogens with zero attached hydrogens (tertiary/aromatic N) is 2. The van der Waals surface area contributed by atoms with E-state index < -0.39 is 76.8 Å². The summed E-state index contributed by atoms with van der Waals surface area (Å²) in [6.07, 6.45) is -9.72. The Labute approximate surface area is 292 Å². The molecule has 4 aromatic carbocycles. The summed E-state index contributed by atoms with van der Waals surface area (Å²) in [5.41, 5.74) is -0.350. The van der Waals surface area contributed by atoms with Gasteiger partial charge < -0.3 is 10.2 Å². The van der Waals surface area contributed by atoms with Crippen LogP contribution in [0.25, 0.3) is 0 Å². The first-order valence-electron chi connectivity index (χ1n) is 16.3. The van der Waals surface area contributed by atoms with Crippen LogP contribution in [0.5, 0.6) is 0 Å². The smallest absolute Gasteiger partial charge is 0.340 e. The third kappa shape index (κ3) is 8.57. The fourth-order valence-corrected chi connectivity index (χ4v) is 6.52. The van der Waals surface area contributed by atoms with Crippen LogP contribution in [-0.2, 0) is 30.1 Å². The third-order valence-electron chi connectivity index (χ3n) is 9.31. The summed E-state index contributed by atoms with van der Waals surface area (Å²) >= 11 is 0. The molecule has 1 amide bonds. The molecule has 268 valence electrons. The molecule has 1 saturated heterocycles. The standard InChI is InChI=1S/C39H37F6N3O3/c1-24-17-18-27(19-25(24)2)20-32-35(37(51)29-14-8-10-16-31(29)39(43,44)45)48(23-34(49)47(3)22-26-11-5-4-6-12-26)33(21-46-32)36(50)28-13-7-9-15-30(28)38(40,41)42/h4-19,32-33,35,46H,20-23H2,1-3H3. The van der Waals surface area contributed by atoms with E-state index in [1.165, 1.54) is 29.0 Å². The van der Waals surface area contributed by atoms with Crippen molar-refractivity contribution in [2.45, 2.75) is 57.3 Å². The molecule has 1 heterocycles. The Kier molecular flexibility index (Phi) is 11.2. The number of halogens is 6. The monoisotopic (exact) mass is 709 g/mol. The predicted molar refractivity (Wildman–Crippen MR) is 180 cm³/mol. The van der Waals surface area contributed by atoms with Gasteiger partial charge in [-0.25, -0.2) is 0 Å². The minimum Gasteiger partial charge on any atom is -0.340 e. The van der Waals surface area contributed by atoms with Gasteiger partial charge in [0.1, 0.15) is 0 Å². The lowest BCUT2D eigenvalue weighted by molar-refractivity contribution is -0.138. The number of aryl methyl sites for hydroxylation is 2. The number of hydrogen-bond donors (Lipinski definition) is 1. The molecule has 1 aliphatic heterocycles. The number of rotatable bonds is 10. The molecule has 1 N–H and O–H groups in total. The molecule has 0 aliphatic carbocycles. The first-order chi connectivity index (χ1) is 24.1. The van der Waals surface area contributed by atoms with E-state index in [1.807, 2.05) is 32.0 Å². The number of alkyl halides is 6. The number of benzene rings is 4. The Morgan fingerprint density at radius 3 is 1.84 bits per heavy atom. The second-order valence-electron chi connectivity index (χ2n) is 12.8. The third-order valence-corrected chi connectivity index (χ3v) is 9.31. The molecule has 0 saturated carbocycles. The molecule has 0 radical (unpaired) electrons. The van der Waals surface area contributed by atoms with Crippen LogP contribution in [0.2, 0.25) is 0 Å². The zero-order chi connectivity index (χ0) is 37.1. The topological polar surface area (TPSA) is 69.7 Å². The minimum absolute atomic E-state index is 0.107. The van der Waals surface area contributed by atoms with Crippen LogP contribution in [0.4, 0.5) is 26.3 Å². The average Bonchev–Trinajstić information content (AvgIpc) is 3.09. The summed E-state index contributed by atoms with van der Waals surface area (Å²) in [6, 6.07) is 18.9. The Hall–Kier alpha value is -4.81. The van der Waals surface area contributed by atoms with E-state index in [0.29, 0.717) is 0 Å². The van der Waals surface area contributed by atoms with Crippen LogP contribution in [0.15, 0.2) is 97.1 Å². The Morgan fingerprint density at radius 2 is 1.27 bits per heavy atom. The highest BCUT2D eigenvalue weighted by molar-refractivity contribution is 6.05. The number of nitrogens with one attached hydrogen (secondary N) is 1. The number of carbonyl (C=O) groups excluding carboxylic acids is 3. The van der Waals surface area contributed by atoms with E-state index in [9.17, 15) is 40.7 Å². The molecule has 51 heavy (non-hydrogen) atoms. The average molecular weight is 710 g/mol. The quantitative estimate of drug-likeness (QED) is 0.138. The maximum Gasteiger partial charge on any atom is 0.417 e. The summed E-state index contributed by atoms with van der Waals surface area (Å²) in [7, 11) is 1.50. The number of hydrogen-bond acceptors (Lipinski definition) is 5. The van der Waals surface area contributed by atoms with Gasteiger partial charge in [-0.3, -0.25) is 19.3 Å². The van der Waals surface area contributed by atoms with Crippen LogP contribution >= 0.6 is 0 Å². The molecule has 3 atom stereocenters. The predicted octanol–water partition coefficient (Wildman–Crippen LogP) is 7.32. The summed E-state index contributed by atoms with van der Waals surface area (Å²) in [4.78, 5) is 45.2. The van der Waals surface area contributed by atoms with Crippen molar-refractivity contribution in [3.05, 3.63) is 142 Å². The highest BCUT2D eigenvalue weighted by Gasteiger charge is 2.48. The number of amides is 1. The van der Waals surface area contributed by atoms with Gasteiger partial charge in [0.2, 0.25) is 5.91 Å². The number of carbonyl (C=O) groups is 3. The van der Waals surface area contributed by atoms with Gasteiger partial charge in [0.05, 0.1) is 29.8 Å². The van der Waals surface area contributed by atoms with Crippen molar-refractivity contribution in [1.82, 2.24) is 15.1 Å². The Bertz CT molecular complexity index is 1890. The van der Waals surface area contributed by atoms with E-state index in [-0.39, 0.29) is 19.5 Å². The van der Waals surface area contributed by atoms with Crippen molar-refractivity contribution in [1.29, 1.82) is 0 Å². The lowest BCUT2D eigenvalue weighted by Gasteiger charge is -2.46. The molecule has 0 aromatic heterocycles. The molecule has 0 spiro atoms. The molecule has 3 unspecified atom stereocenters. The van der Waals surface area contributed by atoms with Gasteiger partial charge in [0, 0.05) is 37.3 Å². The van der Waals surface area contributed by atoms with Crippen molar-refractivity contribution in [3.8, 4) is 0 Å². The van der Waals surface area contributed by atoms with E-state index in [1.54, 1.807) is 30.3 Å². The minimum atomic E-state index is -4.92. The number of ketones is 2. The number of likely N-dealkylation sites (N-methyl/N-ethyl adjacent to an activating group) is 1. The maximum absolute atomic E-state index is 14.6. The Morgan fingerprint density at radius 1 is 0.725 bits per heavy atom. The first kappa shape index (κ1) is 37.4. The summed E-state index contributed by atoms with van der Waals surface area (Å²) in [5, 5.41) is 3.12. The van der Waals surface area contributed by atoms with Crippen LogP contribution in [0.1, 0.15) is 54.1 Å². The van der Waals surface area contributed by atoms with E-state index >= 15 is 0 Å². The molecule has 1 aliphatic rings. The molecular weight excluding hydrogens is 672 g/mol. The largest absolute Gasteiger partial charge is 0.417 e. The van der Waals surface area contributed by atoms with Gasteiger partial charge in [-0.2, -0.15) is 26.3 Å². The van der Waals surface area contributed by atoms with Gasteiger partial charge in [0.25, 0.3) is 0 Å². The van der Waals surface area contributed by atoms with Gasteiger partial charge in [0.15, 0.2) is 11.6 Å². The van der Waals surface area contributed by atoms with E-state index in [0.717, 1.165) is 58.7 Å². The van der Waals surface area contributed by atoms with Crippen LogP contribution in [0, 0.1) is 13.8 Å². The van der Waals surface area contributed by atoms with Crippen molar-refractivity contribution in [2.75, 3.05) is 20.1 Å². The SMILES string of the molecule is Cc1ccc(CC2NCC(C(=O)c3ccccc3C(F)(F)F)N(CC(=O)N(C)Cc3ccccc3)C2C(=O)c2ccccc2C(F)(F)F)cc1C.